The van der Waals surface area contributed by atoms with Crippen molar-refractivity contribution in [3.05, 3.63) is 12.0 Å². The molecule has 118 valence electrons. The molecule has 0 radical (unpaired) electrons. The fourth-order valence-corrected chi connectivity index (χ4v) is 2.70. The number of hydrogen-bond acceptors (Lipinski definition) is 6. The highest BCUT2D eigenvalue weighted by molar-refractivity contribution is 5.42. The molecular weight excluding hydrogens is 271 g/mol. The average molecular weight is 296 g/mol. The van der Waals surface area contributed by atoms with E-state index in [9.17, 15) is 4.39 Å². The third-order valence-electron chi connectivity index (χ3n) is 3.97. The van der Waals surface area contributed by atoms with Crippen molar-refractivity contribution in [2.24, 2.45) is 5.92 Å². The molecule has 7 heteroatoms. The van der Waals surface area contributed by atoms with Crippen LogP contribution in [0.2, 0.25) is 0 Å². The van der Waals surface area contributed by atoms with Crippen molar-refractivity contribution in [3.63, 3.8) is 0 Å². The monoisotopic (exact) mass is 296 g/mol. The number of aromatic nitrogens is 2. The summed E-state index contributed by atoms with van der Waals surface area (Å²) in [6.45, 7) is 5.18. The molecule has 2 rings (SSSR count). The van der Waals surface area contributed by atoms with Crippen LogP contribution < -0.4 is 21.1 Å². The van der Waals surface area contributed by atoms with Crippen LogP contribution in [0.15, 0.2) is 6.20 Å². The van der Waals surface area contributed by atoms with Gasteiger partial charge in [0.2, 0.25) is 5.95 Å². The minimum Gasteiger partial charge on any atom is -0.360 e. The first-order valence-corrected chi connectivity index (χ1v) is 7.44. The Kier molecular flexibility index (Phi) is 5.30. The van der Waals surface area contributed by atoms with Crippen molar-refractivity contribution in [1.82, 2.24) is 20.8 Å². The van der Waals surface area contributed by atoms with E-state index in [2.05, 4.69) is 40.0 Å². The molecule has 2 atom stereocenters. The van der Waals surface area contributed by atoms with Gasteiger partial charge in [-0.15, -0.1) is 0 Å². The topological polar surface area (TPSA) is 65.1 Å². The average Bonchev–Trinajstić information content (AvgIpc) is 2.76. The predicted octanol–water partition coefficient (Wildman–Crippen LogP) is 1.37. The van der Waals surface area contributed by atoms with E-state index in [1.165, 1.54) is 6.20 Å². The molecule has 0 spiro atoms. The van der Waals surface area contributed by atoms with Crippen molar-refractivity contribution >= 4 is 11.8 Å². The lowest BCUT2D eigenvalue weighted by Crippen LogP contribution is -2.30. The highest BCUT2D eigenvalue weighted by atomic mass is 19.1. The number of hydrazine groups is 1. The second-order valence-electron chi connectivity index (χ2n) is 5.86. The Labute approximate surface area is 125 Å². The fraction of sp³-hybridized carbons (Fsp3) is 0.714. The van der Waals surface area contributed by atoms with Crippen LogP contribution in [0.3, 0.4) is 0 Å². The van der Waals surface area contributed by atoms with Crippen LogP contribution in [-0.4, -0.2) is 42.7 Å². The second-order valence-corrected chi connectivity index (χ2v) is 5.86. The first-order chi connectivity index (χ1) is 9.99. The molecule has 0 bridgehead atoms. The van der Waals surface area contributed by atoms with Gasteiger partial charge in [0.25, 0.3) is 0 Å². The Morgan fingerprint density at radius 2 is 1.95 bits per heavy atom. The molecule has 1 aliphatic heterocycles. The van der Waals surface area contributed by atoms with E-state index in [-0.39, 0.29) is 0 Å². The molecule has 0 amide bonds. The van der Waals surface area contributed by atoms with Gasteiger partial charge in [-0.2, -0.15) is 4.98 Å². The van der Waals surface area contributed by atoms with Crippen molar-refractivity contribution in [2.75, 3.05) is 30.9 Å². The van der Waals surface area contributed by atoms with Gasteiger partial charge in [0.1, 0.15) is 0 Å². The summed E-state index contributed by atoms with van der Waals surface area (Å²) in [7, 11) is 3.52. The quantitative estimate of drug-likeness (QED) is 0.689. The van der Waals surface area contributed by atoms with Gasteiger partial charge in [0.05, 0.1) is 6.20 Å². The summed E-state index contributed by atoms with van der Waals surface area (Å²) in [5.74, 6) is 0.998. The summed E-state index contributed by atoms with van der Waals surface area (Å²) in [5.41, 5.74) is 6.52. The lowest BCUT2D eigenvalue weighted by Gasteiger charge is -2.18. The first kappa shape index (κ1) is 15.9. The number of halogens is 1. The van der Waals surface area contributed by atoms with E-state index in [1.54, 1.807) is 19.0 Å². The predicted molar refractivity (Wildman–Crippen MR) is 82.7 cm³/mol. The van der Waals surface area contributed by atoms with E-state index >= 15 is 0 Å². The third kappa shape index (κ3) is 4.01. The van der Waals surface area contributed by atoms with Crippen LogP contribution in [0.25, 0.3) is 0 Å². The maximum Gasteiger partial charge on any atom is 0.224 e. The van der Waals surface area contributed by atoms with E-state index in [0.717, 1.165) is 19.4 Å². The summed E-state index contributed by atoms with van der Waals surface area (Å²) >= 11 is 0. The molecule has 6 nitrogen and oxygen atoms in total. The molecule has 2 unspecified atom stereocenters. The van der Waals surface area contributed by atoms with E-state index in [1.807, 2.05) is 0 Å². The smallest absolute Gasteiger partial charge is 0.224 e. The molecule has 2 heterocycles. The lowest BCUT2D eigenvalue weighted by atomic mass is 9.92. The number of nitrogens with one attached hydrogen (secondary N) is 3. The largest absolute Gasteiger partial charge is 0.360 e. The van der Waals surface area contributed by atoms with Gasteiger partial charge < -0.3 is 10.2 Å². The lowest BCUT2D eigenvalue weighted by molar-refractivity contribution is 0.406. The highest BCUT2D eigenvalue weighted by Crippen LogP contribution is 2.20. The van der Waals surface area contributed by atoms with Gasteiger partial charge in [0.15, 0.2) is 11.6 Å². The molecular formula is C14H25FN6. The van der Waals surface area contributed by atoms with Crippen LogP contribution in [-0.2, 0) is 0 Å². The zero-order chi connectivity index (χ0) is 15.4. The summed E-state index contributed by atoms with van der Waals surface area (Å²) < 4.78 is 13.5. The second kappa shape index (κ2) is 7.00. The van der Waals surface area contributed by atoms with Crippen molar-refractivity contribution < 1.29 is 4.39 Å². The Morgan fingerprint density at radius 3 is 2.57 bits per heavy atom. The Balaban J connectivity index is 1.80. The van der Waals surface area contributed by atoms with E-state index in [4.69, 9.17) is 0 Å². The highest BCUT2D eigenvalue weighted by Gasteiger charge is 2.28. The molecule has 0 aromatic carbocycles. The minimum atomic E-state index is -0.406. The van der Waals surface area contributed by atoms with Crippen molar-refractivity contribution in [2.45, 2.75) is 38.8 Å². The number of anilines is 2. The van der Waals surface area contributed by atoms with Gasteiger partial charge in [0, 0.05) is 32.7 Å². The Hall–Kier alpha value is -1.47. The number of hydrogen-bond donors (Lipinski definition) is 3. The first-order valence-electron chi connectivity index (χ1n) is 7.44. The minimum absolute atomic E-state index is 0.305. The van der Waals surface area contributed by atoms with Crippen LogP contribution in [0.4, 0.5) is 16.2 Å². The van der Waals surface area contributed by atoms with Crippen LogP contribution in [0.1, 0.15) is 26.7 Å². The molecule has 1 aromatic rings. The molecule has 0 aliphatic carbocycles. The zero-order valence-corrected chi connectivity index (χ0v) is 13.2. The summed E-state index contributed by atoms with van der Waals surface area (Å²) in [6.07, 6.45) is 3.36. The van der Waals surface area contributed by atoms with Crippen LogP contribution in [0.5, 0.6) is 0 Å². The van der Waals surface area contributed by atoms with Gasteiger partial charge >= 0.3 is 0 Å². The van der Waals surface area contributed by atoms with Crippen molar-refractivity contribution in [3.8, 4) is 0 Å². The molecule has 1 aromatic heterocycles. The van der Waals surface area contributed by atoms with Gasteiger partial charge in [-0.25, -0.2) is 9.37 Å². The molecule has 1 aliphatic rings. The standard InChI is InChI=1S/C14H25FN6/c1-9-11(10(2)20-19-9)6-5-7-16-14-17-8-12(15)13(18-14)21(3)4/h8-11,19-20H,5-7H2,1-4H3,(H,16,17,18). The molecule has 1 fully saturated rings. The van der Waals surface area contributed by atoms with E-state index < -0.39 is 5.82 Å². The van der Waals surface area contributed by atoms with Gasteiger partial charge in [-0.3, -0.25) is 10.9 Å². The molecule has 0 saturated carbocycles. The Morgan fingerprint density at radius 1 is 1.29 bits per heavy atom. The Bertz CT molecular complexity index is 457. The van der Waals surface area contributed by atoms with Crippen LogP contribution >= 0.6 is 0 Å². The number of nitrogens with zero attached hydrogens (tertiary/aromatic N) is 3. The van der Waals surface area contributed by atoms with Gasteiger partial charge in [-0.05, 0) is 32.6 Å². The van der Waals surface area contributed by atoms with Crippen molar-refractivity contribution in [1.29, 1.82) is 0 Å². The molecule has 1 saturated heterocycles. The van der Waals surface area contributed by atoms with Gasteiger partial charge in [-0.1, -0.05) is 0 Å². The third-order valence-corrected chi connectivity index (χ3v) is 3.97. The molecule has 3 N–H and O–H groups in total. The fourth-order valence-electron chi connectivity index (χ4n) is 2.70. The number of rotatable bonds is 6. The maximum absolute atomic E-state index is 13.5. The SMILES string of the molecule is CC1NNC(C)C1CCCNc1ncc(F)c(N(C)C)n1. The van der Waals surface area contributed by atoms with Crippen LogP contribution in [0, 0.1) is 11.7 Å². The van der Waals surface area contributed by atoms with E-state index in [0.29, 0.717) is 29.8 Å². The molecule has 21 heavy (non-hydrogen) atoms. The zero-order valence-electron chi connectivity index (χ0n) is 13.2. The summed E-state index contributed by atoms with van der Waals surface area (Å²) in [5, 5.41) is 3.16. The maximum atomic E-state index is 13.5. The normalized spacial score (nSPS) is 25.1. The summed E-state index contributed by atoms with van der Waals surface area (Å²) in [6, 6.07) is 0.977. The summed E-state index contributed by atoms with van der Waals surface area (Å²) in [4.78, 5) is 9.79.